The molecule has 0 radical (unpaired) electrons. The quantitative estimate of drug-likeness (QED) is 0.623. The number of halogens is 1. The molecule has 1 heterocycles. The molecular formula is C28H25FN2O2. The molecule has 0 bridgehead atoms. The molecule has 3 aromatic rings. The van der Waals surface area contributed by atoms with E-state index in [1.165, 1.54) is 12.1 Å². The van der Waals surface area contributed by atoms with Crippen molar-refractivity contribution in [3.8, 4) is 11.8 Å². The molecule has 3 aromatic carbocycles. The molecule has 0 aliphatic carbocycles. The van der Waals surface area contributed by atoms with Crippen molar-refractivity contribution in [2.24, 2.45) is 0 Å². The average Bonchev–Trinajstić information content (AvgIpc) is 2.88. The van der Waals surface area contributed by atoms with Crippen LogP contribution in [0.4, 0.5) is 4.39 Å². The standard InChI is InChI=1S/C28H25FN2O2/c29-25-14-11-23(12-15-25)21-30-27(33)28(24-9-5-2-6-10-24)17-19-31(20-18-28)26(32)16-13-22-7-3-1-4-8-22/h1-12,14-15H,17-21H2,(H,30,33). The summed E-state index contributed by atoms with van der Waals surface area (Å²) in [6.07, 6.45) is 1.01. The van der Waals surface area contributed by atoms with Gasteiger partial charge in [-0.2, -0.15) is 0 Å². The molecule has 0 saturated carbocycles. The Morgan fingerprint density at radius 1 is 0.879 bits per heavy atom. The SMILES string of the molecule is O=C(C#Cc1ccccc1)N1CCC(C(=O)NCc2ccc(F)cc2)(c2ccccc2)CC1. The lowest BCUT2D eigenvalue weighted by Gasteiger charge is -2.40. The van der Waals surface area contributed by atoms with Gasteiger partial charge in [-0.25, -0.2) is 4.39 Å². The van der Waals surface area contributed by atoms with Gasteiger partial charge < -0.3 is 10.2 Å². The average molecular weight is 441 g/mol. The van der Waals surface area contributed by atoms with Crippen LogP contribution in [0, 0.1) is 17.7 Å². The summed E-state index contributed by atoms with van der Waals surface area (Å²) in [6.45, 7) is 1.21. The van der Waals surface area contributed by atoms with Gasteiger partial charge in [0.05, 0.1) is 5.41 Å². The predicted octanol–water partition coefficient (Wildman–Crippen LogP) is 4.05. The van der Waals surface area contributed by atoms with Gasteiger partial charge in [0.1, 0.15) is 5.82 Å². The van der Waals surface area contributed by atoms with Crippen molar-refractivity contribution < 1.29 is 14.0 Å². The van der Waals surface area contributed by atoms with E-state index in [2.05, 4.69) is 17.2 Å². The smallest absolute Gasteiger partial charge is 0.298 e. The van der Waals surface area contributed by atoms with Gasteiger partial charge in [0.15, 0.2) is 0 Å². The largest absolute Gasteiger partial charge is 0.351 e. The normalized spacial score (nSPS) is 14.6. The maximum Gasteiger partial charge on any atom is 0.298 e. The van der Waals surface area contributed by atoms with E-state index in [4.69, 9.17) is 0 Å². The molecule has 1 aliphatic rings. The van der Waals surface area contributed by atoms with Gasteiger partial charge in [-0.05, 0) is 48.2 Å². The minimum absolute atomic E-state index is 0.0829. The highest BCUT2D eigenvalue weighted by molar-refractivity contribution is 5.95. The lowest BCUT2D eigenvalue weighted by Crippen LogP contribution is -2.52. The molecule has 2 amide bonds. The Kier molecular flexibility index (Phi) is 6.85. The van der Waals surface area contributed by atoms with Gasteiger partial charge in [-0.1, -0.05) is 66.6 Å². The van der Waals surface area contributed by atoms with Crippen LogP contribution in [-0.2, 0) is 21.5 Å². The molecule has 1 fully saturated rings. The van der Waals surface area contributed by atoms with Crippen molar-refractivity contribution in [2.75, 3.05) is 13.1 Å². The van der Waals surface area contributed by atoms with Crippen molar-refractivity contribution in [3.05, 3.63) is 107 Å². The Bertz CT molecular complexity index is 1160. The number of hydrogen-bond acceptors (Lipinski definition) is 2. The molecule has 1 N–H and O–H groups in total. The Balaban J connectivity index is 1.47. The van der Waals surface area contributed by atoms with Crippen LogP contribution in [0.25, 0.3) is 0 Å². The first-order valence-electron chi connectivity index (χ1n) is 11.0. The summed E-state index contributed by atoms with van der Waals surface area (Å²) in [5, 5.41) is 3.03. The fourth-order valence-electron chi connectivity index (χ4n) is 4.18. The third-order valence-electron chi connectivity index (χ3n) is 6.12. The second kappa shape index (κ2) is 10.1. The van der Waals surface area contributed by atoms with Crippen molar-refractivity contribution in [3.63, 3.8) is 0 Å². The van der Waals surface area contributed by atoms with Crippen LogP contribution in [0.15, 0.2) is 84.9 Å². The zero-order chi connectivity index (χ0) is 23.1. The number of hydrogen-bond donors (Lipinski definition) is 1. The second-order valence-corrected chi connectivity index (χ2v) is 8.17. The summed E-state index contributed by atoms with van der Waals surface area (Å²) in [5.74, 6) is 5.01. The van der Waals surface area contributed by atoms with Gasteiger partial charge in [0.25, 0.3) is 5.91 Å². The molecule has 33 heavy (non-hydrogen) atoms. The van der Waals surface area contributed by atoms with Crippen molar-refractivity contribution >= 4 is 11.8 Å². The van der Waals surface area contributed by atoms with Crippen LogP contribution in [0.1, 0.15) is 29.5 Å². The lowest BCUT2D eigenvalue weighted by molar-refractivity contribution is -0.133. The number of benzene rings is 3. The summed E-state index contributed by atoms with van der Waals surface area (Å²) in [4.78, 5) is 27.8. The molecule has 0 aromatic heterocycles. The number of rotatable bonds is 4. The second-order valence-electron chi connectivity index (χ2n) is 8.17. The molecule has 1 aliphatic heterocycles. The Morgan fingerprint density at radius 3 is 2.12 bits per heavy atom. The highest BCUT2D eigenvalue weighted by atomic mass is 19.1. The van der Waals surface area contributed by atoms with E-state index in [0.29, 0.717) is 32.5 Å². The van der Waals surface area contributed by atoms with E-state index in [1.54, 1.807) is 17.0 Å². The van der Waals surface area contributed by atoms with E-state index < -0.39 is 5.41 Å². The topological polar surface area (TPSA) is 49.4 Å². The number of carbonyl (C=O) groups excluding carboxylic acids is 2. The number of carbonyl (C=O) groups is 2. The number of piperidine rings is 1. The minimum atomic E-state index is -0.731. The van der Waals surface area contributed by atoms with Gasteiger partial charge in [-0.3, -0.25) is 9.59 Å². The molecule has 1 saturated heterocycles. The first kappa shape index (κ1) is 22.3. The van der Waals surface area contributed by atoms with E-state index in [9.17, 15) is 14.0 Å². The molecule has 0 atom stereocenters. The van der Waals surface area contributed by atoms with E-state index in [0.717, 1.165) is 16.7 Å². The molecular weight excluding hydrogens is 415 g/mol. The summed E-state index contributed by atoms with van der Waals surface area (Å²) < 4.78 is 13.2. The van der Waals surface area contributed by atoms with Crippen LogP contribution >= 0.6 is 0 Å². The number of nitrogens with zero attached hydrogens (tertiary/aromatic N) is 1. The van der Waals surface area contributed by atoms with E-state index in [-0.39, 0.29) is 17.6 Å². The van der Waals surface area contributed by atoms with Crippen molar-refractivity contribution in [1.82, 2.24) is 10.2 Å². The van der Waals surface area contributed by atoms with Gasteiger partial charge in [0.2, 0.25) is 5.91 Å². The molecule has 4 rings (SSSR count). The van der Waals surface area contributed by atoms with Crippen LogP contribution in [0.3, 0.4) is 0 Å². The zero-order valence-electron chi connectivity index (χ0n) is 18.3. The first-order valence-corrected chi connectivity index (χ1v) is 11.0. The maximum absolute atomic E-state index is 13.4. The van der Waals surface area contributed by atoms with Crippen LogP contribution in [0.2, 0.25) is 0 Å². The molecule has 0 unspecified atom stereocenters. The Labute approximate surface area is 193 Å². The third kappa shape index (κ3) is 5.30. The lowest BCUT2D eigenvalue weighted by atomic mass is 9.72. The van der Waals surface area contributed by atoms with Crippen LogP contribution in [0.5, 0.6) is 0 Å². The molecule has 5 heteroatoms. The number of likely N-dealkylation sites (tertiary alicyclic amines) is 1. The monoisotopic (exact) mass is 440 g/mol. The fourth-order valence-corrected chi connectivity index (χ4v) is 4.18. The summed E-state index contributed by atoms with van der Waals surface area (Å²) >= 11 is 0. The predicted molar refractivity (Wildman–Crippen MR) is 126 cm³/mol. The summed E-state index contributed by atoms with van der Waals surface area (Å²) in [6, 6.07) is 25.2. The van der Waals surface area contributed by atoms with Crippen LogP contribution < -0.4 is 5.32 Å². The van der Waals surface area contributed by atoms with Crippen LogP contribution in [-0.4, -0.2) is 29.8 Å². The Hall–Kier alpha value is -3.91. The first-order chi connectivity index (χ1) is 16.1. The number of amides is 2. The molecule has 166 valence electrons. The van der Waals surface area contributed by atoms with E-state index in [1.807, 2.05) is 60.7 Å². The Morgan fingerprint density at radius 2 is 1.48 bits per heavy atom. The van der Waals surface area contributed by atoms with Crippen molar-refractivity contribution in [1.29, 1.82) is 0 Å². The maximum atomic E-state index is 13.4. The summed E-state index contributed by atoms with van der Waals surface area (Å²) in [7, 11) is 0. The molecule has 0 spiro atoms. The third-order valence-corrected chi connectivity index (χ3v) is 6.12. The fraction of sp³-hybridized carbons (Fsp3) is 0.214. The van der Waals surface area contributed by atoms with Gasteiger partial charge in [0, 0.05) is 31.1 Å². The van der Waals surface area contributed by atoms with E-state index >= 15 is 0 Å². The number of nitrogens with one attached hydrogen (secondary N) is 1. The summed E-state index contributed by atoms with van der Waals surface area (Å²) in [5.41, 5.74) is 1.83. The van der Waals surface area contributed by atoms with Crippen molar-refractivity contribution in [2.45, 2.75) is 24.8 Å². The molecule has 4 nitrogen and oxygen atoms in total. The minimum Gasteiger partial charge on any atom is -0.351 e. The highest BCUT2D eigenvalue weighted by Crippen LogP contribution is 2.36. The highest BCUT2D eigenvalue weighted by Gasteiger charge is 2.43. The zero-order valence-corrected chi connectivity index (χ0v) is 18.3. The van der Waals surface area contributed by atoms with Gasteiger partial charge >= 0.3 is 0 Å². The van der Waals surface area contributed by atoms with Gasteiger partial charge in [-0.15, -0.1) is 0 Å².